The summed E-state index contributed by atoms with van der Waals surface area (Å²) < 4.78 is 26.6. The zero-order valence-electron chi connectivity index (χ0n) is 17.8. The molecule has 2 aliphatic rings. The van der Waals surface area contributed by atoms with Gasteiger partial charge in [0.15, 0.2) is 0 Å². The summed E-state index contributed by atoms with van der Waals surface area (Å²) in [5, 5.41) is 4.51. The zero-order chi connectivity index (χ0) is 21.4. The second kappa shape index (κ2) is 8.20. The van der Waals surface area contributed by atoms with Gasteiger partial charge in [-0.15, -0.1) is 0 Å². The Labute approximate surface area is 183 Å². The Kier molecular flexibility index (Phi) is 5.40. The molecule has 3 aromatic rings. The van der Waals surface area contributed by atoms with Crippen molar-refractivity contribution in [1.82, 2.24) is 14.3 Å². The Morgan fingerprint density at radius 3 is 2.52 bits per heavy atom. The quantitative estimate of drug-likeness (QED) is 0.587. The fraction of sp³-hybridized carbons (Fsp3) is 0.417. The summed E-state index contributed by atoms with van der Waals surface area (Å²) in [6.45, 7) is 0.419. The summed E-state index contributed by atoms with van der Waals surface area (Å²) in [5.41, 5.74) is 4.08. The fourth-order valence-electron chi connectivity index (χ4n) is 4.51. The van der Waals surface area contributed by atoms with Crippen LogP contribution in [0.15, 0.2) is 48.8 Å². The van der Waals surface area contributed by atoms with Gasteiger partial charge in [0.1, 0.15) is 12.1 Å². The Hall–Kier alpha value is -2.51. The van der Waals surface area contributed by atoms with Crippen LogP contribution in [0.4, 0.5) is 5.82 Å². The highest BCUT2D eigenvalue weighted by Crippen LogP contribution is 2.32. The summed E-state index contributed by atoms with van der Waals surface area (Å²) >= 11 is 0. The van der Waals surface area contributed by atoms with E-state index in [9.17, 15) is 8.42 Å². The van der Waals surface area contributed by atoms with Gasteiger partial charge in [0.25, 0.3) is 0 Å². The maximum atomic E-state index is 12.5. The molecule has 0 unspecified atom stereocenters. The summed E-state index contributed by atoms with van der Waals surface area (Å²) in [5.74, 6) is 0.884. The monoisotopic (exact) mass is 436 g/mol. The number of benzene rings is 2. The first-order chi connectivity index (χ1) is 15.0. The van der Waals surface area contributed by atoms with Crippen molar-refractivity contribution < 1.29 is 8.42 Å². The third-order valence-corrected chi connectivity index (χ3v) is 7.59. The Bertz CT molecular complexity index is 1200. The summed E-state index contributed by atoms with van der Waals surface area (Å²) in [4.78, 5) is 8.86. The van der Waals surface area contributed by atoms with Crippen molar-refractivity contribution in [2.75, 3.05) is 11.6 Å². The number of sulfonamides is 1. The van der Waals surface area contributed by atoms with E-state index in [4.69, 9.17) is 0 Å². The van der Waals surface area contributed by atoms with Gasteiger partial charge in [0.05, 0.1) is 11.8 Å². The molecular weight excluding hydrogens is 408 g/mol. The number of aromatic nitrogens is 2. The van der Waals surface area contributed by atoms with Crippen LogP contribution in [-0.2, 0) is 16.6 Å². The maximum absolute atomic E-state index is 12.5. The number of nitrogens with one attached hydrogen (secondary N) is 1. The van der Waals surface area contributed by atoms with Crippen molar-refractivity contribution in [3.05, 3.63) is 54.4 Å². The minimum absolute atomic E-state index is 0.118. The van der Waals surface area contributed by atoms with Gasteiger partial charge < -0.3 is 5.32 Å². The number of hydrogen-bond acceptors (Lipinski definition) is 5. The van der Waals surface area contributed by atoms with Crippen LogP contribution in [-0.4, -0.2) is 41.0 Å². The van der Waals surface area contributed by atoms with Gasteiger partial charge >= 0.3 is 0 Å². The first-order valence-corrected chi connectivity index (χ1v) is 12.9. The van der Waals surface area contributed by atoms with Crippen LogP contribution < -0.4 is 5.32 Å². The topological polar surface area (TPSA) is 75.2 Å². The predicted octanol–water partition coefficient (Wildman–Crippen LogP) is 4.58. The van der Waals surface area contributed by atoms with Crippen LogP contribution in [0, 0.1) is 0 Å². The lowest BCUT2D eigenvalue weighted by Crippen LogP contribution is -2.37. The van der Waals surface area contributed by atoms with Crippen molar-refractivity contribution >= 4 is 26.7 Å². The Morgan fingerprint density at radius 1 is 1.00 bits per heavy atom. The molecule has 0 aliphatic heterocycles. The van der Waals surface area contributed by atoms with Gasteiger partial charge in [-0.05, 0) is 60.6 Å². The molecule has 7 heteroatoms. The molecule has 0 saturated heterocycles. The van der Waals surface area contributed by atoms with Gasteiger partial charge in [-0.2, -0.15) is 4.31 Å². The van der Waals surface area contributed by atoms with Crippen LogP contribution >= 0.6 is 0 Å². The van der Waals surface area contributed by atoms with Gasteiger partial charge in [-0.1, -0.05) is 37.1 Å². The van der Waals surface area contributed by atoms with E-state index in [0.29, 0.717) is 12.6 Å². The molecule has 162 valence electrons. The zero-order valence-corrected chi connectivity index (χ0v) is 18.6. The molecule has 5 rings (SSSR count). The smallest absolute Gasteiger partial charge is 0.211 e. The molecule has 0 spiro atoms. The third kappa shape index (κ3) is 4.57. The van der Waals surface area contributed by atoms with Crippen molar-refractivity contribution in [3.63, 3.8) is 0 Å². The predicted molar refractivity (Wildman–Crippen MR) is 124 cm³/mol. The molecule has 0 bridgehead atoms. The largest absolute Gasteiger partial charge is 0.367 e. The molecule has 0 radical (unpaired) electrons. The number of nitrogens with zero attached hydrogens (tertiary/aromatic N) is 3. The summed E-state index contributed by atoms with van der Waals surface area (Å²) in [6, 6.07) is 15.1. The van der Waals surface area contributed by atoms with Crippen molar-refractivity contribution in [3.8, 4) is 11.1 Å². The molecule has 2 saturated carbocycles. The van der Waals surface area contributed by atoms with Crippen molar-refractivity contribution in [2.24, 2.45) is 0 Å². The number of hydrogen-bond donors (Lipinski definition) is 1. The van der Waals surface area contributed by atoms with E-state index in [1.807, 2.05) is 18.2 Å². The molecule has 0 amide bonds. The fourth-order valence-corrected chi connectivity index (χ4v) is 5.65. The molecule has 2 aromatic carbocycles. The lowest BCUT2D eigenvalue weighted by atomic mass is 10.0. The Morgan fingerprint density at radius 2 is 1.77 bits per heavy atom. The van der Waals surface area contributed by atoms with Crippen LogP contribution in [0.2, 0.25) is 0 Å². The average Bonchev–Trinajstić information content (AvgIpc) is 3.41. The normalized spacial score (nSPS) is 17.5. The second-order valence-corrected chi connectivity index (χ2v) is 10.8. The Balaban J connectivity index is 1.46. The highest BCUT2D eigenvalue weighted by molar-refractivity contribution is 7.88. The minimum atomic E-state index is -3.26. The first kappa shape index (κ1) is 20.4. The highest BCUT2D eigenvalue weighted by atomic mass is 32.2. The van der Waals surface area contributed by atoms with Gasteiger partial charge in [0, 0.05) is 24.0 Å². The molecule has 31 heavy (non-hydrogen) atoms. The van der Waals surface area contributed by atoms with E-state index in [-0.39, 0.29) is 6.04 Å². The molecule has 2 fully saturated rings. The van der Waals surface area contributed by atoms with Gasteiger partial charge in [-0.25, -0.2) is 18.4 Å². The average molecular weight is 437 g/mol. The van der Waals surface area contributed by atoms with Gasteiger partial charge in [0.2, 0.25) is 10.0 Å². The minimum Gasteiger partial charge on any atom is -0.367 e. The third-order valence-electron chi connectivity index (χ3n) is 6.31. The van der Waals surface area contributed by atoms with Crippen molar-refractivity contribution in [2.45, 2.75) is 57.2 Å². The van der Waals surface area contributed by atoms with E-state index in [1.165, 1.54) is 19.1 Å². The SMILES string of the molecule is CS(=O)(=O)N(Cc1cccc(-c2ccc3ncnc(NC4CC4)c3c2)c1)C1CCCC1. The lowest BCUT2D eigenvalue weighted by Gasteiger charge is -2.26. The summed E-state index contributed by atoms with van der Waals surface area (Å²) in [7, 11) is -3.26. The van der Waals surface area contributed by atoms with E-state index in [0.717, 1.165) is 59.1 Å². The van der Waals surface area contributed by atoms with E-state index in [1.54, 1.807) is 10.6 Å². The molecule has 1 aromatic heterocycles. The lowest BCUT2D eigenvalue weighted by molar-refractivity contribution is 0.318. The second-order valence-electron chi connectivity index (χ2n) is 8.82. The van der Waals surface area contributed by atoms with Crippen molar-refractivity contribution in [1.29, 1.82) is 0 Å². The maximum Gasteiger partial charge on any atom is 0.211 e. The van der Waals surface area contributed by atoms with E-state index in [2.05, 4.69) is 39.6 Å². The molecular formula is C24H28N4O2S. The molecule has 2 aliphatic carbocycles. The standard InChI is InChI=1S/C24H28N4O2S/c1-31(29,30)28(21-7-2-3-8-21)15-17-5-4-6-18(13-17)19-9-12-23-22(14-19)24(26-16-25-23)27-20-10-11-20/h4-6,9,12-14,16,20-21H,2-3,7-8,10-11,15H2,1H3,(H,25,26,27). The van der Waals surface area contributed by atoms with Crippen LogP contribution in [0.25, 0.3) is 22.0 Å². The number of rotatable bonds is 7. The van der Waals surface area contributed by atoms with E-state index >= 15 is 0 Å². The first-order valence-electron chi connectivity index (χ1n) is 11.0. The van der Waals surface area contributed by atoms with Crippen LogP contribution in [0.5, 0.6) is 0 Å². The summed E-state index contributed by atoms with van der Waals surface area (Å²) in [6.07, 6.45) is 9.42. The van der Waals surface area contributed by atoms with Gasteiger partial charge in [-0.3, -0.25) is 0 Å². The molecule has 1 N–H and O–H groups in total. The number of fused-ring (bicyclic) bond motifs is 1. The highest BCUT2D eigenvalue weighted by Gasteiger charge is 2.29. The number of anilines is 1. The molecule has 0 atom stereocenters. The van der Waals surface area contributed by atoms with Crippen LogP contribution in [0.3, 0.4) is 0 Å². The van der Waals surface area contributed by atoms with Crippen LogP contribution in [0.1, 0.15) is 44.1 Å². The molecule has 1 heterocycles. The molecule has 6 nitrogen and oxygen atoms in total. The van der Waals surface area contributed by atoms with E-state index < -0.39 is 10.0 Å².